The fraction of sp³-hybridized carbons (Fsp3) is 0.389. The Morgan fingerprint density at radius 2 is 1.96 bits per heavy atom. The molecule has 23 heavy (non-hydrogen) atoms. The van der Waals surface area contributed by atoms with Crippen molar-refractivity contribution in [1.29, 1.82) is 0 Å². The van der Waals surface area contributed by atoms with Crippen molar-refractivity contribution in [3.8, 4) is 0 Å². The number of nitrogens with zero attached hydrogens (tertiary/aromatic N) is 2. The summed E-state index contributed by atoms with van der Waals surface area (Å²) in [6, 6.07) is 11.6. The molecule has 0 N–H and O–H groups in total. The van der Waals surface area contributed by atoms with Gasteiger partial charge in [0.25, 0.3) is 0 Å². The highest BCUT2D eigenvalue weighted by Crippen LogP contribution is 2.25. The average molecular weight is 348 g/mol. The SMILES string of the molecule is C/C=C/n1cc[n+](COCC[Si](C)(C)C)c1Sc1ccccc1. The molecule has 0 bridgehead atoms. The molecule has 0 saturated carbocycles. The van der Waals surface area contributed by atoms with Crippen LogP contribution in [0.2, 0.25) is 25.7 Å². The van der Waals surface area contributed by atoms with Gasteiger partial charge in [-0.05, 0) is 42.9 Å². The fourth-order valence-corrected chi connectivity index (χ4v) is 3.77. The van der Waals surface area contributed by atoms with Crippen molar-refractivity contribution < 1.29 is 9.30 Å². The van der Waals surface area contributed by atoms with Crippen LogP contribution in [0.1, 0.15) is 6.92 Å². The van der Waals surface area contributed by atoms with E-state index in [1.54, 1.807) is 11.8 Å². The Morgan fingerprint density at radius 3 is 2.61 bits per heavy atom. The molecule has 0 amide bonds. The first-order valence-corrected chi connectivity index (χ1v) is 12.6. The number of imidazole rings is 1. The van der Waals surface area contributed by atoms with Gasteiger partial charge in [-0.2, -0.15) is 9.13 Å². The van der Waals surface area contributed by atoms with E-state index < -0.39 is 8.07 Å². The van der Waals surface area contributed by atoms with Gasteiger partial charge in [-0.15, -0.1) is 0 Å². The van der Waals surface area contributed by atoms with E-state index in [1.807, 2.05) is 19.1 Å². The molecule has 0 atom stereocenters. The summed E-state index contributed by atoms with van der Waals surface area (Å²) in [5.74, 6) is 0. The van der Waals surface area contributed by atoms with Gasteiger partial charge in [-0.1, -0.05) is 37.8 Å². The van der Waals surface area contributed by atoms with Gasteiger partial charge in [-0.3, -0.25) is 0 Å². The van der Waals surface area contributed by atoms with Crippen LogP contribution in [0.3, 0.4) is 0 Å². The smallest absolute Gasteiger partial charge is 0.329 e. The lowest BCUT2D eigenvalue weighted by molar-refractivity contribution is -0.765. The fourth-order valence-electron chi connectivity index (χ4n) is 2.05. The molecular weight excluding hydrogens is 320 g/mol. The molecule has 0 fully saturated rings. The Bertz CT molecular complexity index is 632. The van der Waals surface area contributed by atoms with Crippen molar-refractivity contribution in [2.75, 3.05) is 6.61 Å². The minimum Gasteiger partial charge on any atom is -0.342 e. The quantitative estimate of drug-likeness (QED) is 0.390. The molecule has 2 aromatic rings. The van der Waals surface area contributed by atoms with Crippen LogP contribution in [0.15, 0.2) is 58.9 Å². The molecule has 0 aliphatic rings. The number of rotatable bonds is 8. The van der Waals surface area contributed by atoms with E-state index in [-0.39, 0.29) is 0 Å². The van der Waals surface area contributed by atoms with E-state index in [0.29, 0.717) is 6.73 Å². The molecule has 0 unspecified atom stereocenters. The van der Waals surface area contributed by atoms with Crippen LogP contribution in [0.5, 0.6) is 0 Å². The number of hydrogen-bond donors (Lipinski definition) is 0. The van der Waals surface area contributed by atoms with Crippen molar-refractivity contribution >= 4 is 26.0 Å². The van der Waals surface area contributed by atoms with E-state index in [9.17, 15) is 0 Å². The molecule has 1 heterocycles. The molecule has 1 aromatic carbocycles. The van der Waals surface area contributed by atoms with Crippen molar-refractivity contribution in [1.82, 2.24) is 4.57 Å². The average Bonchev–Trinajstić information content (AvgIpc) is 2.87. The molecule has 0 aliphatic carbocycles. The highest BCUT2D eigenvalue weighted by atomic mass is 32.2. The maximum absolute atomic E-state index is 5.91. The minimum atomic E-state index is -1.03. The van der Waals surface area contributed by atoms with Gasteiger partial charge in [0.2, 0.25) is 0 Å². The summed E-state index contributed by atoms with van der Waals surface area (Å²) in [5.41, 5.74) is 0. The van der Waals surface area contributed by atoms with E-state index in [4.69, 9.17) is 4.74 Å². The Hall–Kier alpha value is -1.30. The second-order valence-electron chi connectivity index (χ2n) is 6.70. The molecule has 5 heteroatoms. The number of hydrogen-bond acceptors (Lipinski definition) is 2. The molecule has 1 aromatic heterocycles. The van der Waals surface area contributed by atoms with Crippen molar-refractivity contribution in [2.45, 2.75) is 49.4 Å². The van der Waals surface area contributed by atoms with Gasteiger partial charge in [0, 0.05) is 19.6 Å². The molecule has 0 aliphatic heterocycles. The van der Waals surface area contributed by atoms with Crippen LogP contribution in [-0.2, 0) is 11.5 Å². The van der Waals surface area contributed by atoms with E-state index in [1.165, 1.54) is 10.9 Å². The third kappa shape index (κ3) is 6.01. The monoisotopic (exact) mass is 347 g/mol. The summed E-state index contributed by atoms with van der Waals surface area (Å²) in [7, 11) is -1.03. The van der Waals surface area contributed by atoms with Gasteiger partial charge in [-0.25, -0.2) is 0 Å². The number of benzene rings is 1. The van der Waals surface area contributed by atoms with Crippen molar-refractivity contribution in [3.63, 3.8) is 0 Å². The number of allylic oxidation sites excluding steroid dienone is 1. The molecule has 0 radical (unpaired) electrons. The van der Waals surface area contributed by atoms with Gasteiger partial charge in [0.1, 0.15) is 12.4 Å². The van der Waals surface area contributed by atoms with E-state index >= 15 is 0 Å². The normalized spacial score (nSPS) is 12.2. The first-order valence-electron chi connectivity index (χ1n) is 8.03. The molecule has 0 saturated heterocycles. The van der Waals surface area contributed by atoms with E-state index in [2.05, 4.69) is 71.6 Å². The van der Waals surface area contributed by atoms with Gasteiger partial charge in [0.15, 0.2) is 6.73 Å². The third-order valence-corrected chi connectivity index (χ3v) is 6.20. The number of aromatic nitrogens is 2. The lowest BCUT2D eigenvalue weighted by Crippen LogP contribution is -2.36. The second kappa shape index (κ2) is 8.52. The standard InChI is InChI=1S/C18H27N2OSSi/c1-5-11-19-12-13-20(16-21-14-15-23(2,3)4)18(19)22-17-9-7-6-8-10-17/h5-13H,14-16H2,1-4H3/q+1/b11-5+. The minimum absolute atomic E-state index is 0.601. The highest BCUT2D eigenvalue weighted by molar-refractivity contribution is 7.99. The van der Waals surface area contributed by atoms with Crippen LogP contribution in [0.25, 0.3) is 6.20 Å². The summed E-state index contributed by atoms with van der Waals surface area (Å²) in [4.78, 5) is 1.23. The second-order valence-corrected chi connectivity index (χ2v) is 13.4. The molecule has 3 nitrogen and oxygen atoms in total. The van der Waals surface area contributed by atoms with Crippen LogP contribution in [0.4, 0.5) is 0 Å². The highest BCUT2D eigenvalue weighted by Gasteiger charge is 2.18. The predicted octanol–water partition coefficient (Wildman–Crippen LogP) is 4.73. The van der Waals surface area contributed by atoms with E-state index in [0.717, 1.165) is 11.8 Å². The lowest BCUT2D eigenvalue weighted by Gasteiger charge is -2.14. The Kier molecular flexibility index (Phi) is 6.68. The van der Waals surface area contributed by atoms with Crippen LogP contribution < -0.4 is 4.57 Å². The van der Waals surface area contributed by atoms with Crippen molar-refractivity contribution in [3.05, 3.63) is 48.8 Å². The molecule has 0 spiro atoms. The maximum Gasteiger partial charge on any atom is 0.329 e. The molecule has 124 valence electrons. The summed E-state index contributed by atoms with van der Waals surface area (Å²) in [6.45, 7) is 10.6. The van der Waals surface area contributed by atoms with Gasteiger partial charge < -0.3 is 4.74 Å². The Balaban J connectivity index is 2.07. The molecular formula is C18H27N2OSSi+. The Labute approximate surface area is 145 Å². The zero-order chi connectivity index (χ0) is 16.7. The van der Waals surface area contributed by atoms with Crippen LogP contribution in [0, 0.1) is 0 Å². The number of ether oxygens (including phenoxy) is 1. The first kappa shape index (κ1) is 18.0. The largest absolute Gasteiger partial charge is 0.342 e. The summed E-state index contributed by atoms with van der Waals surface area (Å²) in [6.07, 6.45) is 8.28. The summed E-state index contributed by atoms with van der Waals surface area (Å²) < 4.78 is 10.2. The topological polar surface area (TPSA) is 18.0 Å². The zero-order valence-electron chi connectivity index (χ0n) is 14.5. The zero-order valence-corrected chi connectivity index (χ0v) is 16.3. The Morgan fingerprint density at radius 1 is 1.22 bits per heavy atom. The predicted molar refractivity (Wildman–Crippen MR) is 100 cm³/mol. The third-order valence-electron chi connectivity index (χ3n) is 3.36. The summed E-state index contributed by atoms with van der Waals surface area (Å²) in [5, 5.41) is 1.15. The van der Waals surface area contributed by atoms with Crippen LogP contribution >= 0.6 is 11.8 Å². The summed E-state index contributed by atoms with van der Waals surface area (Å²) >= 11 is 1.75. The lowest BCUT2D eigenvalue weighted by atomic mass is 10.4. The molecule has 2 rings (SSSR count). The van der Waals surface area contributed by atoms with Gasteiger partial charge >= 0.3 is 5.16 Å². The van der Waals surface area contributed by atoms with Gasteiger partial charge in [0.05, 0.1) is 6.20 Å². The van der Waals surface area contributed by atoms with Crippen LogP contribution in [-0.4, -0.2) is 19.2 Å². The maximum atomic E-state index is 5.91. The first-order chi connectivity index (χ1) is 11.0. The van der Waals surface area contributed by atoms with Crippen molar-refractivity contribution in [2.24, 2.45) is 0 Å².